The third-order valence-electron chi connectivity index (χ3n) is 4.45. The molecule has 136 valence electrons. The van der Waals surface area contributed by atoms with E-state index in [2.05, 4.69) is 20.5 Å². The van der Waals surface area contributed by atoms with Crippen molar-refractivity contribution >= 4 is 29.9 Å². The molecule has 0 bridgehead atoms. The van der Waals surface area contributed by atoms with Gasteiger partial charge in [-0.3, -0.25) is 4.99 Å². The average molecular weight is 438 g/mol. The normalized spacial score (nSPS) is 19.8. The number of aliphatic imine (C=N–C) groups is 1. The van der Waals surface area contributed by atoms with Crippen molar-refractivity contribution in [2.75, 3.05) is 53.0 Å². The molecule has 0 spiro atoms. The molecule has 2 rings (SSSR count). The molecule has 1 heterocycles. The van der Waals surface area contributed by atoms with Gasteiger partial charge in [-0.1, -0.05) is 12.8 Å². The number of guanidine groups is 1. The number of rotatable bonds is 9. The molecule has 1 aliphatic carbocycles. The number of nitrogens with zero attached hydrogens (tertiary/aromatic N) is 2. The Kier molecular flexibility index (Phi) is 12.1. The van der Waals surface area contributed by atoms with Gasteiger partial charge in [0, 0.05) is 39.9 Å². The molecule has 0 radical (unpaired) electrons. The quantitative estimate of drug-likeness (QED) is 0.251. The minimum atomic E-state index is 0. The molecule has 1 saturated carbocycles. The molecule has 0 unspecified atom stereocenters. The number of ether oxygens (including phenoxy) is 1. The van der Waals surface area contributed by atoms with Crippen molar-refractivity contribution in [1.82, 2.24) is 15.5 Å². The van der Waals surface area contributed by atoms with Crippen molar-refractivity contribution < 1.29 is 4.74 Å². The van der Waals surface area contributed by atoms with E-state index in [-0.39, 0.29) is 24.0 Å². The monoisotopic (exact) mass is 438 g/mol. The topological polar surface area (TPSA) is 48.9 Å². The van der Waals surface area contributed by atoms with Gasteiger partial charge in [-0.05, 0) is 51.1 Å². The van der Waals surface area contributed by atoms with Crippen LogP contribution in [0.2, 0.25) is 0 Å². The van der Waals surface area contributed by atoms with Crippen molar-refractivity contribution in [3.63, 3.8) is 0 Å². The van der Waals surface area contributed by atoms with Crippen molar-refractivity contribution in [2.45, 2.75) is 44.9 Å². The molecule has 6 heteroatoms. The van der Waals surface area contributed by atoms with E-state index < -0.39 is 0 Å². The van der Waals surface area contributed by atoms with Gasteiger partial charge in [0.1, 0.15) is 0 Å². The number of likely N-dealkylation sites (tertiary alicyclic amines) is 1. The summed E-state index contributed by atoms with van der Waals surface area (Å²) in [6.07, 6.45) is 9.28. The first-order valence-electron chi connectivity index (χ1n) is 9.13. The van der Waals surface area contributed by atoms with E-state index in [9.17, 15) is 0 Å². The minimum absolute atomic E-state index is 0. The molecular formula is C17H35IN4O. The predicted octanol–water partition coefficient (Wildman–Crippen LogP) is 2.46. The number of nitrogens with one attached hydrogen (secondary N) is 2. The molecule has 0 aromatic heterocycles. The summed E-state index contributed by atoms with van der Waals surface area (Å²) in [4.78, 5) is 6.85. The Morgan fingerprint density at radius 1 is 1.09 bits per heavy atom. The van der Waals surface area contributed by atoms with E-state index in [0.717, 1.165) is 51.1 Å². The van der Waals surface area contributed by atoms with Crippen LogP contribution in [0, 0.1) is 5.92 Å². The Balaban J connectivity index is 0.00000264. The van der Waals surface area contributed by atoms with Crippen LogP contribution < -0.4 is 10.6 Å². The molecule has 1 saturated heterocycles. The number of hydrogen-bond donors (Lipinski definition) is 2. The van der Waals surface area contributed by atoms with Crippen LogP contribution in [0.25, 0.3) is 0 Å². The lowest BCUT2D eigenvalue weighted by Gasteiger charge is -2.20. The maximum atomic E-state index is 5.64. The molecule has 2 fully saturated rings. The standard InChI is InChI=1S/C17H34N4O.HI/c1-18-17(19-9-6-14-22-15-16-7-8-16)20-10-13-21-11-4-2-3-5-12-21;/h16H,2-15H2,1H3,(H2,18,19,20);1H. The fraction of sp³-hybridized carbons (Fsp3) is 0.941. The third-order valence-corrected chi connectivity index (χ3v) is 4.45. The lowest BCUT2D eigenvalue weighted by Crippen LogP contribution is -2.42. The summed E-state index contributed by atoms with van der Waals surface area (Å²) in [7, 11) is 1.84. The summed E-state index contributed by atoms with van der Waals surface area (Å²) in [5.74, 6) is 1.78. The Morgan fingerprint density at radius 3 is 2.43 bits per heavy atom. The highest BCUT2D eigenvalue weighted by Gasteiger charge is 2.20. The van der Waals surface area contributed by atoms with E-state index in [0.29, 0.717) is 0 Å². The summed E-state index contributed by atoms with van der Waals surface area (Å²) >= 11 is 0. The van der Waals surface area contributed by atoms with Crippen LogP contribution in [0.3, 0.4) is 0 Å². The molecule has 1 aliphatic heterocycles. The lowest BCUT2D eigenvalue weighted by atomic mass is 10.2. The zero-order valence-electron chi connectivity index (χ0n) is 14.7. The van der Waals surface area contributed by atoms with Gasteiger partial charge in [-0.15, -0.1) is 24.0 Å². The summed E-state index contributed by atoms with van der Waals surface area (Å²) < 4.78 is 5.64. The van der Waals surface area contributed by atoms with Gasteiger partial charge in [-0.25, -0.2) is 0 Å². The molecule has 2 N–H and O–H groups in total. The summed E-state index contributed by atoms with van der Waals surface area (Å²) in [5, 5.41) is 6.78. The molecule has 2 aliphatic rings. The van der Waals surface area contributed by atoms with E-state index >= 15 is 0 Å². The fourth-order valence-corrected chi connectivity index (χ4v) is 2.83. The smallest absolute Gasteiger partial charge is 0.191 e. The molecule has 0 amide bonds. The van der Waals surface area contributed by atoms with Crippen LogP contribution in [0.15, 0.2) is 4.99 Å². The second-order valence-corrected chi connectivity index (χ2v) is 6.55. The second-order valence-electron chi connectivity index (χ2n) is 6.55. The van der Waals surface area contributed by atoms with Gasteiger partial charge in [0.15, 0.2) is 5.96 Å². The Morgan fingerprint density at radius 2 is 1.78 bits per heavy atom. The highest BCUT2D eigenvalue weighted by atomic mass is 127. The zero-order chi connectivity index (χ0) is 15.5. The van der Waals surface area contributed by atoms with Gasteiger partial charge in [-0.2, -0.15) is 0 Å². The fourth-order valence-electron chi connectivity index (χ4n) is 2.83. The van der Waals surface area contributed by atoms with Gasteiger partial charge >= 0.3 is 0 Å². The van der Waals surface area contributed by atoms with Gasteiger partial charge in [0.2, 0.25) is 0 Å². The highest BCUT2D eigenvalue weighted by molar-refractivity contribution is 14.0. The highest BCUT2D eigenvalue weighted by Crippen LogP contribution is 2.28. The minimum Gasteiger partial charge on any atom is -0.381 e. The van der Waals surface area contributed by atoms with Crippen LogP contribution in [-0.2, 0) is 4.74 Å². The van der Waals surface area contributed by atoms with Crippen molar-refractivity contribution in [2.24, 2.45) is 10.9 Å². The lowest BCUT2D eigenvalue weighted by molar-refractivity contribution is 0.123. The third kappa shape index (κ3) is 10.4. The Hall–Kier alpha value is -0.0800. The zero-order valence-corrected chi connectivity index (χ0v) is 17.0. The van der Waals surface area contributed by atoms with Crippen molar-refractivity contribution in [1.29, 1.82) is 0 Å². The van der Waals surface area contributed by atoms with Crippen LogP contribution in [0.4, 0.5) is 0 Å². The molecule has 0 aromatic rings. The summed E-state index contributed by atoms with van der Waals surface area (Å²) in [6, 6.07) is 0. The number of hydrogen-bond acceptors (Lipinski definition) is 3. The van der Waals surface area contributed by atoms with Gasteiger partial charge in [0.05, 0.1) is 0 Å². The summed E-state index contributed by atoms with van der Waals surface area (Å²) in [6.45, 7) is 7.34. The Bertz CT molecular complexity index is 316. The van der Waals surface area contributed by atoms with E-state index in [4.69, 9.17) is 4.74 Å². The first-order valence-corrected chi connectivity index (χ1v) is 9.13. The van der Waals surface area contributed by atoms with Crippen LogP contribution in [0.1, 0.15) is 44.9 Å². The van der Waals surface area contributed by atoms with Crippen molar-refractivity contribution in [3.8, 4) is 0 Å². The van der Waals surface area contributed by atoms with Crippen molar-refractivity contribution in [3.05, 3.63) is 0 Å². The summed E-state index contributed by atoms with van der Waals surface area (Å²) in [5.41, 5.74) is 0. The van der Waals surface area contributed by atoms with E-state index in [1.165, 1.54) is 51.6 Å². The number of halogens is 1. The maximum absolute atomic E-state index is 5.64. The van der Waals surface area contributed by atoms with E-state index in [1.54, 1.807) is 0 Å². The first-order chi connectivity index (χ1) is 10.9. The Labute approximate surface area is 159 Å². The average Bonchev–Trinajstić information content (AvgIpc) is 3.36. The van der Waals surface area contributed by atoms with Gasteiger partial charge in [0.25, 0.3) is 0 Å². The first kappa shape index (κ1) is 21.0. The second kappa shape index (κ2) is 13.2. The van der Waals surface area contributed by atoms with Crippen LogP contribution in [-0.4, -0.2) is 63.8 Å². The molecule has 23 heavy (non-hydrogen) atoms. The molecule has 5 nitrogen and oxygen atoms in total. The molecular weight excluding hydrogens is 403 g/mol. The predicted molar refractivity (Wildman–Crippen MR) is 108 cm³/mol. The molecule has 0 atom stereocenters. The van der Waals surface area contributed by atoms with E-state index in [1.807, 2.05) is 7.05 Å². The van der Waals surface area contributed by atoms with Gasteiger partial charge < -0.3 is 20.3 Å². The SMILES string of the molecule is CN=C(NCCCOCC1CC1)NCCN1CCCCCC1.I. The maximum Gasteiger partial charge on any atom is 0.191 e. The van der Waals surface area contributed by atoms with Crippen LogP contribution >= 0.6 is 24.0 Å². The molecule has 0 aromatic carbocycles. The van der Waals surface area contributed by atoms with Crippen LogP contribution in [0.5, 0.6) is 0 Å². The largest absolute Gasteiger partial charge is 0.381 e.